The van der Waals surface area contributed by atoms with Crippen molar-refractivity contribution in [1.82, 2.24) is 15.3 Å². The summed E-state index contributed by atoms with van der Waals surface area (Å²) >= 11 is 0. The molecule has 1 heterocycles. The molecule has 1 amide bonds. The fourth-order valence-electron chi connectivity index (χ4n) is 1.39. The van der Waals surface area contributed by atoms with Gasteiger partial charge in [-0.25, -0.2) is 14.8 Å². The van der Waals surface area contributed by atoms with Gasteiger partial charge in [0.1, 0.15) is 11.7 Å². The number of carbonyl (C=O) groups excluding carboxylic acids is 2. The Morgan fingerprint density at radius 3 is 2.67 bits per heavy atom. The lowest BCUT2D eigenvalue weighted by Gasteiger charge is -2.16. The highest BCUT2D eigenvalue weighted by Crippen LogP contribution is 2.17. The summed E-state index contributed by atoms with van der Waals surface area (Å²) in [5, 5.41) is 12.0. The molecule has 0 fully saturated rings. The van der Waals surface area contributed by atoms with Gasteiger partial charge >= 0.3 is 23.9 Å². The van der Waals surface area contributed by atoms with Crippen molar-refractivity contribution in [1.29, 1.82) is 0 Å². The van der Waals surface area contributed by atoms with Crippen molar-refractivity contribution in [2.45, 2.75) is 18.6 Å². The Balaban J connectivity index is 2.94. The molecule has 12 heteroatoms. The molecular formula is C9H9F3N4O5. The molecular weight excluding hydrogens is 301 g/mol. The lowest BCUT2D eigenvalue weighted by molar-refractivity contribution is -0.390. The Bertz CT molecular complexity index is 556. The molecule has 0 aliphatic heterocycles. The fraction of sp³-hybridized carbons (Fsp3) is 0.444. The molecule has 1 atom stereocenters. The first-order chi connectivity index (χ1) is 9.66. The number of nitrogens with one attached hydrogen (secondary N) is 2. The number of hydrogen-bond acceptors (Lipinski definition) is 6. The third kappa shape index (κ3) is 4.15. The van der Waals surface area contributed by atoms with E-state index in [1.54, 1.807) is 0 Å². The summed E-state index contributed by atoms with van der Waals surface area (Å²) in [5.74, 6) is -4.15. The molecule has 0 saturated carbocycles. The Hall–Kier alpha value is -2.66. The van der Waals surface area contributed by atoms with E-state index in [9.17, 15) is 32.9 Å². The van der Waals surface area contributed by atoms with Crippen LogP contribution in [0.2, 0.25) is 0 Å². The zero-order chi connectivity index (χ0) is 16.2. The second-order valence-corrected chi connectivity index (χ2v) is 3.71. The molecule has 116 valence electrons. The molecule has 0 radical (unpaired) electrons. The van der Waals surface area contributed by atoms with Gasteiger partial charge in [0.2, 0.25) is 0 Å². The highest BCUT2D eigenvalue weighted by Gasteiger charge is 2.41. The number of carbonyl (C=O) groups is 2. The van der Waals surface area contributed by atoms with Crippen LogP contribution in [0.4, 0.5) is 19.0 Å². The van der Waals surface area contributed by atoms with Gasteiger partial charge in [0.15, 0.2) is 6.33 Å². The number of imidazole rings is 1. The van der Waals surface area contributed by atoms with Crippen LogP contribution in [0.1, 0.15) is 5.69 Å². The van der Waals surface area contributed by atoms with Crippen LogP contribution in [-0.2, 0) is 20.7 Å². The monoisotopic (exact) mass is 310 g/mol. The number of nitrogens with zero attached hydrogens (tertiary/aromatic N) is 2. The lowest BCUT2D eigenvalue weighted by Crippen LogP contribution is -2.48. The minimum Gasteiger partial charge on any atom is -0.467 e. The number of halogens is 3. The summed E-state index contributed by atoms with van der Waals surface area (Å²) in [7, 11) is 0.897. The van der Waals surface area contributed by atoms with Gasteiger partial charge in [0.25, 0.3) is 0 Å². The molecule has 1 aromatic rings. The summed E-state index contributed by atoms with van der Waals surface area (Å²) in [4.78, 5) is 37.7. The largest absolute Gasteiger partial charge is 0.471 e. The molecule has 0 bridgehead atoms. The maximum atomic E-state index is 12.2. The van der Waals surface area contributed by atoms with Crippen LogP contribution in [-0.4, -0.2) is 46.1 Å². The van der Waals surface area contributed by atoms with Crippen LogP contribution in [0, 0.1) is 10.1 Å². The minimum absolute atomic E-state index is 0.294. The number of ether oxygens (including phenoxy) is 1. The number of aromatic amines is 1. The molecule has 0 aliphatic rings. The van der Waals surface area contributed by atoms with Gasteiger partial charge in [-0.15, -0.1) is 0 Å². The average Bonchev–Trinajstić information content (AvgIpc) is 2.84. The van der Waals surface area contributed by atoms with Gasteiger partial charge < -0.3 is 20.2 Å². The number of amides is 1. The minimum atomic E-state index is -5.20. The number of hydrogen-bond donors (Lipinski definition) is 2. The fourth-order valence-corrected chi connectivity index (χ4v) is 1.39. The summed E-state index contributed by atoms with van der Waals surface area (Å²) in [6.45, 7) is 0. The molecule has 1 unspecified atom stereocenters. The number of rotatable bonds is 5. The molecule has 2 N–H and O–H groups in total. The Morgan fingerprint density at radius 1 is 1.57 bits per heavy atom. The Kier molecular flexibility index (Phi) is 4.84. The number of alkyl halides is 3. The predicted octanol–water partition coefficient (Wildman–Crippen LogP) is 0.0805. The topological polar surface area (TPSA) is 127 Å². The smallest absolute Gasteiger partial charge is 0.467 e. The molecule has 0 spiro atoms. The van der Waals surface area contributed by atoms with E-state index in [0.29, 0.717) is 0 Å². The van der Waals surface area contributed by atoms with Crippen molar-refractivity contribution in [3.63, 3.8) is 0 Å². The van der Waals surface area contributed by atoms with Crippen molar-refractivity contribution >= 4 is 17.7 Å². The van der Waals surface area contributed by atoms with E-state index in [2.05, 4.69) is 14.7 Å². The molecule has 1 rings (SSSR count). The Labute approximate surface area is 114 Å². The number of methoxy groups -OCH3 is 1. The van der Waals surface area contributed by atoms with E-state index in [1.165, 1.54) is 5.32 Å². The van der Waals surface area contributed by atoms with Crippen molar-refractivity contribution in [2.24, 2.45) is 0 Å². The molecule has 9 nitrogen and oxygen atoms in total. The van der Waals surface area contributed by atoms with Crippen molar-refractivity contribution in [2.75, 3.05) is 7.11 Å². The van der Waals surface area contributed by atoms with Gasteiger partial charge in [0, 0.05) is 6.42 Å². The standard InChI is InChI=1S/C9H9F3N4O5/c1-21-7(17)5(15-8(18)9(10,11)12)2-4-6(16(19)20)14-3-13-4/h3,5H,2H2,1H3,(H,13,14)(H,15,18). The number of H-pyrrole nitrogens is 1. The van der Waals surface area contributed by atoms with Gasteiger partial charge in [-0.1, -0.05) is 0 Å². The van der Waals surface area contributed by atoms with Gasteiger partial charge in [-0.2, -0.15) is 13.2 Å². The van der Waals surface area contributed by atoms with E-state index in [4.69, 9.17) is 0 Å². The highest BCUT2D eigenvalue weighted by molar-refractivity contribution is 5.87. The van der Waals surface area contributed by atoms with E-state index < -0.39 is 41.3 Å². The summed E-state index contributed by atoms with van der Waals surface area (Å²) < 4.78 is 40.8. The first-order valence-electron chi connectivity index (χ1n) is 5.29. The lowest BCUT2D eigenvalue weighted by atomic mass is 10.1. The normalized spacial score (nSPS) is 12.6. The summed E-state index contributed by atoms with van der Waals surface area (Å²) in [6.07, 6.45) is -4.90. The number of aromatic nitrogens is 2. The second-order valence-electron chi connectivity index (χ2n) is 3.71. The average molecular weight is 310 g/mol. The van der Waals surface area contributed by atoms with Crippen LogP contribution < -0.4 is 5.32 Å². The highest BCUT2D eigenvalue weighted by atomic mass is 19.4. The predicted molar refractivity (Wildman–Crippen MR) is 58.9 cm³/mol. The SMILES string of the molecule is COC(=O)C(Cc1nc[nH]c1[N+](=O)[O-])NC(=O)C(F)(F)F. The van der Waals surface area contributed by atoms with E-state index >= 15 is 0 Å². The zero-order valence-corrected chi connectivity index (χ0v) is 10.4. The van der Waals surface area contributed by atoms with Crippen molar-refractivity contribution in [3.8, 4) is 0 Å². The molecule has 0 saturated heterocycles. The van der Waals surface area contributed by atoms with Crippen LogP contribution in [0.3, 0.4) is 0 Å². The third-order valence-electron chi connectivity index (χ3n) is 2.32. The summed E-state index contributed by atoms with van der Waals surface area (Å²) in [6, 6.07) is -1.76. The maximum absolute atomic E-state index is 12.2. The van der Waals surface area contributed by atoms with Crippen LogP contribution in [0.25, 0.3) is 0 Å². The van der Waals surface area contributed by atoms with Gasteiger partial charge in [-0.3, -0.25) is 4.79 Å². The van der Waals surface area contributed by atoms with Crippen molar-refractivity contribution < 1.29 is 32.4 Å². The molecule has 21 heavy (non-hydrogen) atoms. The number of esters is 1. The number of nitro groups is 1. The summed E-state index contributed by atoms with van der Waals surface area (Å²) in [5.41, 5.74) is -0.294. The van der Waals surface area contributed by atoms with Crippen LogP contribution >= 0.6 is 0 Å². The van der Waals surface area contributed by atoms with Crippen LogP contribution in [0.5, 0.6) is 0 Å². The van der Waals surface area contributed by atoms with Crippen molar-refractivity contribution in [3.05, 3.63) is 22.1 Å². The van der Waals surface area contributed by atoms with E-state index in [1.807, 2.05) is 0 Å². The van der Waals surface area contributed by atoms with E-state index in [-0.39, 0.29) is 5.69 Å². The Morgan fingerprint density at radius 2 is 2.19 bits per heavy atom. The zero-order valence-electron chi connectivity index (χ0n) is 10.4. The van der Waals surface area contributed by atoms with E-state index in [0.717, 1.165) is 13.4 Å². The molecule has 0 aromatic carbocycles. The maximum Gasteiger partial charge on any atom is 0.471 e. The second kappa shape index (κ2) is 6.19. The first-order valence-corrected chi connectivity index (χ1v) is 5.29. The third-order valence-corrected chi connectivity index (χ3v) is 2.32. The van der Waals surface area contributed by atoms with Crippen LogP contribution in [0.15, 0.2) is 6.33 Å². The first kappa shape index (κ1) is 16.4. The molecule has 0 aliphatic carbocycles. The van der Waals surface area contributed by atoms with Gasteiger partial charge in [0.05, 0.1) is 7.11 Å². The molecule has 1 aromatic heterocycles. The van der Waals surface area contributed by atoms with Gasteiger partial charge in [-0.05, 0) is 4.92 Å². The quantitative estimate of drug-likeness (QED) is 0.450.